The van der Waals surface area contributed by atoms with Crippen molar-refractivity contribution >= 4 is 28.3 Å². The molecule has 3 rings (SSSR count). The Labute approximate surface area is 137 Å². The summed E-state index contributed by atoms with van der Waals surface area (Å²) >= 11 is 2.35. The number of nitrogens with one attached hydrogen (secondary N) is 2. The summed E-state index contributed by atoms with van der Waals surface area (Å²) in [7, 11) is 0. The summed E-state index contributed by atoms with van der Waals surface area (Å²) in [5, 5.41) is 10.6. The molecule has 0 aliphatic carbocycles. The lowest BCUT2D eigenvalue weighted by atomic mass is 10.1. The lowest BCUT2D eigenvalue weighted by Crippen LogP contribution is -2.00. The summed E-state index contributed by atoms with van der Waals surface area (Å²) in [6.07, 6.45) is 5.46. The van der Waals surface area contributed by atoms with Crippen LogP contribution in [0.4, 0.5) is 5.69 Å². The van der Waals surface area contributed by atoms with Crippen molar-refractivity contribution in [3.63, 3.8) is 0 Å². The molecular formula is C16H15IN4. The number of nitrogens with zero attached hydrogens (tertiary/aromatic N) is 2. The van der Waals surface area contributed by atoms with Crippen LogP contribution < -0.4 is 5.32 Å². The summed E-state index contributed by atoms with van der Waals surface area (Å²) in [5.74, 6) is 0. The van der Waals surface area contributed by atoms with Crippen LogP contribution in [0.25, 0.3) is 11.3 Å². The highest BCUT2D eigenvalue weighted by atomic mass is 127. The van der Waals surface area contributed by atoms with Crippen molar-refractivity contribution in [2.45, 2.75) is 13.5 Å². The molecule has 0 bridgehead atoms. The summed E-state index contributed by atoms with van der Waals surface area (Å²) in [4.78, 5) is 4.15. The van der Waals surface area contributed by atoms with Gasteiger partial charge >= 0.3 is 0 Å². The molecule has 0 aliphatic heterocycles. The number of hydrogen-bond donors (Lipinski definition) is 2. The number of hydrogen-bond acceptors (Lipinski definition) is 3. The van der Waals surface area contributed by atoms with Crippen molar-refractivity contribution in [2.75, 3.05) is 5.32 Å². The van der Waals surface area contributed by atoms with E-state index < -0.39 is 0 Å². The Hall–Kier alpha value is -1.89. The molecule has 1 aromatic carbocycles. The number of H-pyrrole nitrogens is 1. The van der Waals surface area contributed by atoms with Gasteiger partial charge in [0.1, 0.15) is 0 Å². The normalized spacial score (nSPS) is 10.6. The quantitative estimate of drug-likeness (QED) is 0.663. The third-order valence-corrected chi connectivity index (χ3v) is 4.49. The van der Waals surface area contributed by atoms with Crippen molar-refractivity contribution in [1.82, 2.24) is 15.2 Å². The van der Waals surface area contributed by atoms with Crippen LogP contribution in [-0.2, 0) is 6.54 Å². The van der Waals surface area contributed by atoms with Crippen LogP contribution in [0.3, 0.4) is 0 Å². The zero-order valence-corrected chi connectivity index (χ0v) is 13.8. The van der Waals surface area contributed by atoms with Crippen LogP contribution in [0.15, 0.2) is 48.9 Å². The molecule has 2 heterocycles. The lowest BCUT2D eigenvalue weighted by Gasteiger charge is -2.08. The summed E-state index contributed by atoms with van der Waals surface area (Å²) < 4.78 is 1.26. The van der Waals surface area contributed by atoms with Gasteiger partial charge in [0.05, 0.1) is 11.9 Å². The first-order valence-electron chi connectivity index (χ1n) is 6.67. The zero-order chi connectivity index (χ0) is 14.7. The third kappa shape index (κ3) is 3.24. The third-order valence-electron chi connectivity index (χ3n) is 3.32. The van der Waals surface area contributed by atoms with E-state index >= 15 is 0 Å². The van der Waals surface area contributed by atoms with Gasteiger partial charge < -0.3 is 5.32 Å². The zero-order valence-electron chi connectivity index (χ0n) is 11.6. The van der Waals surface area contributed by atoms with E-state index in [4.69, 9.17) is 0 Å². The van der Waals surface area contributed by atoms with Gasteiger partial charge in [-0.1, -0.05) is 6.07 Å². The van der Waals surface area contributed by atoms with Crippen molar-refractivity contribution in [3.05, 3.63) is 63.6 Å². The van der Waals surface area contributed by atoms with Gasteiger partial charge in [-0.05, 0) is 59.3 Å². The Balaban J connectivity index is 1.77. The maximum Gasteiger partial charge on any atom is 0.0715 e. The molecule has 0 amide bonds. The number of pyridine rings is 1. The summed E-state index contributed by atoms with van der Waals surface area (Å²) in [6.45, 7) is 2.84. The highest BCUT2D eigenvalue weighted by Crippen LogP contribution is 2.22. The van der Waals surface area contributed by atoms with Crippen molar-refractivity contribution < 1.29 is 0 Å². The van der Waals surface area contributed by atoms with E-state index in [-0.39, 0.29) is 0 Å². The minimum absolute atomic E-state index is 0.722. The van der Waals surface area contributed by atoms with Gasteiger partial charge in [0.25, 0.3) is 0 Å². The Bertz CT molecular complexity index is 737. The average Bonchev–Trinajstić information content (AvgIpc) is 2.98. The first-order valence-corrected chi connectivity index (χ1v) is 7.74. The topological polar surface area (TPSA) is 53.6 Å². The number of aromatic nitrogens is 3. The SMILES string of the molecule is Cc1ccc(NCc2cn[nH]c2-c2cccnc2)cc1I. The molecule has 5 heteroatoms. The largest absolute Gasteiger partial charge is 0.381 e. The Morgan fingerprint density at radius 1 is 1.24 bits per heavy atom. The first kappa shape index (κ1) is 14.1. The number of benzene rings is 1. The van der Waals surface area contributed by atoms with E-state index in [1.807, 2.05) is 24.5 Å². The second-order valence-corrected chi connectivity index (χ2v) is 5.99. The van der Waals surface area contributed by atoms with E-state index in [0.717, 1.165) is 29.1 Å². The molecule has 2 aromatic heterocycles. The molecule has 0 spiro atoms. The molecule has 0 fully saturated rings. The Morgan fingerprint density at radius 3 is 2.90 bits per heavy atom. The molecule has 0 radical (unpaired) electrons. The number of aryl methyl sites for hydroxylation is 1. The summed E-state index contributed by atoms with van der Waals surface area (Å²) in [6, 6.07) is 10.3. The van der Waals surface area contributed by atoms with Crippen LogP contribution in [0.1, 0.15) is 11.1 Å². The predicted molar refractivity (Wildman–Crippen MR) is 93.0 cm³/mol. The van der Waals surface area contributed by atoms with Gasteiger partial charge in [-0.3, -0.25) is 10.1 Å². The van der Waals surface area contributed by atoms with Crippen LogP contribution in [0.5, 0.6) is 0 Å². The monoisotopic (exact) mass is 390 g/mol. The molecule has 21 heavy (non-hydrogen) atoms. The molecule has 0 atom stereocenters. The van der Waals surface area contributed by atoms with E-state index in [1.165, 1.54) is 9.13 Å². The number of rotatable bonds is 4. The molecule has 0 aliphatic rings. The average molecular weight is 390 g/mol. The first-order chi connectivity index (χ1) is 10.2. The number of halogens is 1. The smallest absolute Gasteiger partial charge is 0.0715 e. The van der Waals surface area contributed by atoms with E-state index in [1.54, 1.807) is 6.20 Å². The molecule has 3 aromatic rings. The number of aromatic amines is 1. The fourth-order valence-corrected chi connectivity index (χ4v) is 2.62. The van der Waals surface area contributed by atoms with Crippen LogP contribution in [0, 0.1) is 10.5 Å². The van der Waals surface area contributed by atoms with E-state index in [2.05, 4.69) is 68.2 Å². The molecule has 0 saturated heterocycles. The van der Waals surface area contributed by atoms with Crippen LogP contribution >= 0.6 is 22.6 Å². The van der Waals surface area contributed by atoms with Crippen molar-refractivity contribution in [1.29, 1.82) is 0 Å². The molecule has 106 valence electrons. The van der Waals surface area contributed by atoms with Crippen LogP contribution in [0.2, 0.25) is 0 Å². The Morgan fingerprint density at radius 2 is 2.14 bits per heavy atom. The maximum absolute atomic E-state index is 4.15. The van der Waals surface area contributed by atoms with E-state index in [9.17, 15) is 0 Å². The van der Waals surface area contributed by atoms with Gasteiger partial charge in [-0.15, -0.1) is 0 Å². The second-order valence-electron chi connectivity index (χ2n) is 4.83. The fourth-order valence-electron chi connectivity index (χ4n) is 2.11. The second kappa shape index (κ2) is 6.26. The van der Waals surface area contributed by atoms with Crippen molar-refractivity contribution in [2.24, 2.45) is 0 Å². The number of anilines is 1. The highest BCUT2D eigenvalue weighted by molar-refractivity contribution is 14.1. The van der Waals surface area contributed by atoms with Crippen molar-refractivity contribution in [3.8, 4) is 11.3 Å². The fraction of sp³-hybridized carbons (Fsp3) is 0.125. The Kier molecular flexibility index (Phi) is 4.19. The molecule has 2 N–H and O–H groups in total. The molecule has 4 nitrogen and oxygen atoms in total. The molecule has 0 saturated carbocycles. The van der Waals surface area contributed by atoms with Gasteiger partial charge in [0.2, 0.25) is 0 Å². The van der Waals surface area contributed by atoms with E-state index in [0.29, 0.717) is 0 Å². The lowest BCUT2D eigenvalue weighted by molar-refractivity contribution is 1.09. The minimum atomic E-state index is 0.722. The summed E-state index contributed by atoms with van der Waals surface area (Å²) in [5.41, 5.74) is 5.59. The highest BCUT2D eigenvalue weighted by Gasteiger charge is 2.07. The van der Waals surface area contributed by atoms with Gasteiger partial charge in [0.15, 0.2) is 0 Å². The maximum atomic E-state index is 4.15. The van der Waals surface area contributed by atoms with Gasteiger partial charge in [-0.2, -0.15) is 5.10 Å². The van der Waals surface area contributed by atoms with Crippen LogP contribution in [-0.4, -0.2) is 15.2 Å². The molecule has 0 unspecified atom stereocenters. The predicted octanol–water partition coefficient (Wildman–Crippen LogP) is 4.00. The van der Waals surface area contributed by atoms with Gasteiger partial charge in [0, 0.05) is 39.3 Å². The van der Waals surface area contributed by atoms with Gasteiger partial charge in [-0.25, -0.2) is 0 Å². The minimum Gasteiger partial charge on any atom is -0.381 e. The standard InChI is InChI=1S/C16H15IN4/c1-11-4-5-14(7-15(11)17)19-9-13-10-20-21-16(13)12-3-2-6-18-8-12/h2-8,10,19H,9H2,1H3,(H,20,21). The molecular weight excluding hydrogens is 375 g/mol.